The summed E-state index contributed by atoms with van der Waals surface area (Å²) >= 11 is 0.563. The van der Waals surface area contributed by atoms with Crippen molar-refractivity contribution in [1.29, 1.82) is 0 Å². The predicted molar refractivity (Wildman–Crippen MR) is 157 cm³/mol. The van der Waals surface area contributed by atoms with Crippen LogP contribution in [0.2, 0.25) is 0 Å². The molecule has 5 aliphatic rings. The minimum Gasteiger partial charge on any atom is -0.448 e. The van der Waals surface area contributed by atoms with E-state index in [9.17, 15) is 23.5 Å². The lowest BCUT2D eigenvalue weighted by atomic mass is 9.45. The summed E-state index contributed by atoms with van der Waals surface area (Å²) in [5, 5.41) is 16.2. The van der Waals surface area contributed by atoms with E-state index >= 15 is 0 Å². The number of aliphatic hydroxyl groups is 1. The molecule has 7 rings (SSSR count). The van der Waals surface area contributed by atoms with Gasteiger partial charge in [-0.05, 0) is 122 Å². The maximum absolute atomic E-state index is 13.7. The van der Waals surface area contributed by atoms with E-state index in [1.54, 1.807) is 12.1 Å². The molecule has 0 amide bonds. The molecule has 1 aliphatic heterocycles. The van der Waals surface area contributed by atoms with Crippen LogP contribution in [0.15, 0.2) is 36.0 Å². The number of aromatic nitrogens is 2. The highest BCUT2D eigenvalue weighted by atomic mass is 32.2. The number of carbonyl (C=O) groups is 2. The van der Waals surface area contributed by atoms with Gasteiger partial charge >= 0.3 is 5.97 Å². The summed E-state index contributed by atoms with van der Waals surface area (Å²) < 4.78 is 40.8. The van der Waals surface area contributed by atoms with Crippen LogP contribution in [0, 0.1) is 34.4 Å². The van der Waals surface area contributed by atoms with Gasteiger partial charge in [-0.2, -0.15) is 5.10 Å². The second kappa shape index (κ2) is 10.5. The third-order valence-electron chi connectivity index (χ3n) is 11.6. The summed E-state index contributed by atoms with van der Waals surface area (Å²) in [7, 11) is 0. The Morgan fingerprint density at radius 1 is 1.21 bits per heavy atom. The molecule has 1 saturated heterocycles. The molecule has 1 unspecified atom stereocenters. The summed E-state index contributed by atoms with van der Waals surface area (Å²) in [5.41, 5.74) is 1.49. The molecule has 1 aromatic carbocycles. The highest BCUT2D eigenvalue weighted by Gasteiger charge is 2.71. The molecule has 0 spiro atoms. The Bertz CT molecular complexity index is 1470. The zero-order valence-electron chi connectivity index (χ0n) is 24.6. The molecule has 3 saturated carbocycles. The third kappa shape index (κ3) is 4.30. The van der Waals surface area contributed by atoms with Gasteiger partial charge in [-0.25, -0.2) is 18.3 Å². The molecule has 1 aromatic heterocycles. The molecule has 2 aromatic rings. The van der Waals surface area contributed by atoms with Crippen molar-refractivity contribution in [2.75, 3.05) is 12.6 Å². The van der Waals surface area contributed by atoms with Gasteiger partial charge in [0.05, 0.1) is 23.7 Å². The Morgan fingerprint density at radius 2 is 2.00 bits per heavy atom. The van der Waals surface area contributed by atoms with E-state index in [1.165, 1.54) is 17.7 Å². The number of allylic oxidation sites excluding steroid dienone is 1. The van der Waals surface area contributed by atoms with Crippen molar-refractivity contribution in [2.24, 2.45) is 28.6 Å². The van der Waals surface area contributed by atoms with Crippen molar-refractivity contribution in [3.63, 3.8) is 0 Å². The molecule has 4 fully saturated rings. The molecule has 230 valence electrons. The lowest BCUT2D eigenvalue weighted by molar-refractivity contribution is -0.202. The number of aliphatic hydroxyl groups excluding tert-OH is 1. The van der Waals surface area contributed by atoms with Gasteiger partial charge in [0.25, 0.3) is 0 Å². The average molecular weight is 613 g/mol. The van der Waals surface area contributed by atoms with Crippen LogP contribution in [0.4, 0.5) is 8.78 Å². The lowest BCUT2D eigenvalue weighted by Crippen LogP contribution is -2.63. The van der Waals surface area contributed by atoms with Crippen molar-refractivity contribution < 1.29 is 33.0 Å². The number of nitrogens with zero attached hydrogens (tertiary/aromatic N) is 2. The van der Waals surface area contributed by atoms with E-state index in [1.807, 2.05) is 17.8 Å². The molecule has 0 radical (unpaired) electrons. The first-order chi connectivity index (χ1) is 20.6. The first-order valence-corrected chi connectivity index (χ1v) is 16.4. The van der Waals surface area contributed by atoms with Crippen LogP contribution in [0.3, 0.4) is 0 Å². The topological polar surface area (TPSA) is 90.7 Å². The Kier molecular flexibility index (Phi) is 7.13. The van der Waals surface area contributed by atoms with Crippen LogP contribution in [-0.4, -0.2) is 56.4 Å². The number of rotatable bonds is 5. The lowest BCUT2D eigenvalue weighted by Gasteiger charge is -2.60. The third-order valence-corrected chi connectivity index (χ3v) is 12.3. The van der Waals surface area contributed by atoms with Crippen LogP contribution in [0.5, 0.6) is 0 Å². The maximum Gasteiger partial charge on any atom is 0.336 e. The molecule has 43 heavy (non-hydrogen) atoms. The largest absolute Gasteiger partial charge is 0.448 e. The van der Waals surface area contributed by atoms with Crippen LogP contribution in [0.1, 0.15) is 70.1 Å². The van der Waals surface area contributed by atoms with Crippen LogP contribution >= 0.6 is 11.8 Å². The second-order valence-electron chi connectivity index (χ2n) is 13.6. The van der Waals surface area contributed by atoms with E-state index in [2.05, 4.69) is 18.1 Å². The van der Waals surface area contributed by atoms with E-state index < -0.39 is 40.3 Å². The zero-order chi connectivity index (χ0) is 30.1. The van der Waals surface area contributed by atoms with Gasteiger partial charge in [-0.15, -0.1) is 0 Å². The van der Waals surface area contributed by atoms with Crippen molar-refractivity contribution in [3.05, 3.63) is 53.1 Å². The van der Waals surface area contributed by atoms with Gasteiger partial charge < -0.3 is 14.6 Å². The molecular weight excluding hydrogens is 574 g/mol. The van der Waals surface area contributed by atoms with Crippen molar-refractivity contribution in [1.82, 2.24) is 9.78 Å². The fourth-order valence-electron chi connectivity index (χ4n) is 9.67. The number of thioether (sulfide) groups is 1. The van der Waals surface area contributed by atoms with Crippen LogP contribution in [0.25, 0.3) is 11.8 Å². The number of carbonyl (C=O) groups excluding carboxylic acids is 2. The summed E-state index contributed by atoms with van der Waals surface area (Å²) in [5.74, 6) is -0.765. The molecule has 7 nitrogen and oxygen atoms in total. The number of esters is 1. The van der Waals surface area contributed by atoms with Crippen molar-refractivity contribution in [2.45, 2.75) is 83.0 Å². The molecule has 8 atom stereocenters. The highest BCUT2D eigenvalue weighted by Crippen LogP contribution is 2.69. The quantitative estimate of drug-likeness (QED) is 0.426. The van der Waals surface area contributed by atoms with Crippen molar-refractivity contribution >= 4 is 28.9 Å². The molecule has 0 bridgehead atoms. The predicted octanol–water partition coefficient (Wildman–Crippen LogP) is 5.81. The van der Waals surface area contributed by atoms with Crippen LogP contribution in [-0.2, 0) is 25.5 Å². The number of fused-ring (bicyclic) bond motifs is 6. The van der Waals surface area contributed by atoms with Gasteiger partial charge in [0.1, 0.15) is 11.8 Å². The monoisotopic (exact) mass is 612 g/mol. The van der Waals surface area contributed by atoms with E-state index in [4.69, 9.17) is 9.47 Å². The van der Waals surface area contributed by atoms with Gasteiger partial charge in [0, 0.05) is 12.0 Å². The summed E-state index contributed by atoms with van der Waals surface area (Å²) in [6.07, 6.45) is 7.59. The highest BCUT2D eigenvalue weighted by molar-refractivity contribution is 8.13. The normalized spacial score (nSPS) is 38.0. The Morgan fingerprint density at radius 3 is 2.72 bits per heavy atom. The summed E-state index contributed by atoms with van der Waals surface area (Å²) in [4.78, 5) is 27.0. The minimum absolute atomic E-state index is 0.0315. The Hall–Kier alpha value is -2.56. The summed E-state index contributed by atoms with van der Waals surface area (Å²) in [6.45, 7) is 4.69. The van der Waals surface area contributed by atoms with E-state index in [0.717, 1.165) is 36.2 Å². The standard InChI is InChI=1S/C33H38F2N2O5S/c1-31-15-19-17-36-37(22-8-6-21(35)7-9-22)25(19)14-20(31)5-10-23-24-11-12-33(30(40)43-18-34,32(24,2)16-26(38)28(23)31)42-29(39)27-4-3-13-41-27/h6-9,14,17,23-24,26-28,38H,3-5,10-13,15-16,18H2,1-2H3/t23-,24-,26-,27?,28+,31-,32-,33-/m0/s1. The number of halogens is 2. The van der Waals surface area contributed by atoms with Crippen LogP contribution < -0.4 is 0 Å². The van der Waals surface area contributed by atoms with E-state index in [-0.39, 0.29) is 29.0 Å². The van der Waals surface area contributed by atoms with Gasteiger partial charge in [0.15, 0.2) is 11.7 Å². The molecule has 1 N–H and O–H groups in total. The first-order valence-electron chi connectivity index (χ1n) is 15.4. The zero-order valence-corrected chi connectivity index (χ0v) is 25.4. The Labute approximate surface area is 254 Å². The minimum atomic E-state index is -1.50. The van der Waals surface area contributed by atoms with Gasteiger partial charge in [0.2, 0.25) is 5.12 Å². The SMILES string of the molecule is C[C@]12Cc3cnn(-c4ccc(F)cc4)c3C=C1CC[C@@H]1[C@@H]2[C@@H](O)C[C@@]2(C)[C@H]1CC[C@]2(OC(=O)C1CCCO1)C(=O)SCF. The number of benzene rings is 1. The Balaban J connectivity index is 1.22. The summed E-state index contributed by atoms with van der Waals surface area (Å²) in [6, 6.07) is 5.41. The molecular formula is C33H38F2N2O5S. The van der Waals surface area contributed by atoms with E-state index in [0.29, 0.717) is 50.5 Å². The fraction of sp³-hybridized carbons (Fsp3) is 0.606. The van der Waals surface area contributed by atoms with Gasteiger partial charge in [-0.3, -0.25) is 4.79 Å². The van der Waals surface area contributed by atoms with Gasteiger partial charge in [-0.1, -0.05) is 19.4 Å². The van der Waals surface area contributed by atoms with Crippen molar-refractivity contribution in [3.8, 4) is 5.69 Å². The molecule has 4 aliphatic carbocycles. The maximum atomic E-state index is 13.7. The fourth-order valence-corrected chi connectivity index (χ4v) is 10.4. The number of alkyl halides is 1. The second-order valence-corrected chi connectivity index (χ2v) is 14.4. The molecule has 2 heterocycles. The number of hydrogen-bond donors (Lipinski definition) is 1. The number of ether oxygens (including phenoxy) is 2. The number of hydrogen-bond acceptors (Lipinski definition) is 7. The molecule has 10 heteroatoms. The first kappa shape index (κ1) is 29.2. The smallest absolute Gasteiger partial charge is 0.336 e. The average Bonchev–Trinajstić information content (AvgIpc) is 3.71.